The lowest BCUT2D eigenvalue weighted by atomic mass is 10.1. The van der Waals surface area contributed by atoms with Gasteiger partial charge < -0.3 is 10.6 Å². The SMILES string of the molecule is Cc1csc(CCNC(=O)C2CNC(=O)C2)n1. The molecule has 0 radical (unpaired) electrons. The van der Waals surface area contributed by atoms with E-state index in [-0.39, 0.29) is 17.7 Å². The molecule has 17 heavy (non-hydrogen) atoms. The van der Waals surface area contributed by atoms with Gasteiger partial charge in [-0.05, 0) is 6.92 Å². The molecule has 1 atom stereocenters. The van der Waals surface area contributed by atoms with Gasteiger partial charge in [0, 0.05) is 37.0 Å². The van der Waals surface area contributed by atoms with Crippen molar-refractivity contribution >= 4 is 23.2 Å². The summed E-state index contributed by atoms with van der Waals surface area (Å²) in [5.41, 5.74) is 1.02. The van der Waals surface area contributed by atoms with Crippen LogP contribution in [0.3, 0.4) is 0 Å². The quantitative estimate of drug-likeness (QED) is 0.808. The Bertz CT molecular complexity index is 430. The van der Waals surface area contributed by atoms with Crippen molar-refractivity contribution in [2.24, 2.45) is 5.92 Å². The maximum atomic E-state index is 11.7. The molecule has 1 fully saturated rings. The van der Waals surface area contributed by atoms with Crippen LogP contribution >= 0.6 is 11.3 Å². The summed E-state index contributed by atoms with van der Waals surface area (Å²) in [6.45, 7) is 2.99. The smallest absolute Gasteiger partial charge is 0.225 e. The third-order valence-electron chi connectivity index (χ3n) is 2.65. The first kappa shape index (κ1) is 12.0. The highest BCUT2D eigenvalue weighted by Crippen LogP contribution is 2.10. The lowest BCUT2D eigenvalue weighted by molar-refractivity contribution is -0.126. The third-order valence-corrected chi connectivity index (χ3v) is 3.68. The molecule has 6 heteroatoms. The van der Waals surface area contributed by atoms with Crippen LogP contribution < -0.4 is 10.6 Å². The molecular formula is C11H15N3O2S. The fraction of sp³-hybridized carbons (Fsp3) is 0.545. The van der Waals surface area contributed by atoms with E-state index in [0.29, 0.717) is 19.5 Å². The first-order valence-electron chi connectivity index (χ1n) is 5.60. The van der Waals surface area contributed by atoms with Gasteiger partial charge in [-0.2, -0.15) is 0 Å². The second-order valence-corrected chi connectivity index (χ2v) is 5.07. The Morgan fingerprint density at radius 2 is 2.53 bits per heavy atom. The molecule has 92 valence electrons. The summed E-state index contributed by atoms with van der Waals surface area (Å²) in [6, 6.07) is 0. The highest BCUT2D eigenvalue weighted by atomic mass is 32.1. The van der Waals surface area contributed by atoms with Gasteiger partial charge in [0.05, 0.1) is 10.9 Å². The fourth-order valence-electron chi connectivity index (χ4n) is 1.75. The Morgan fingerprint density at radius 1 is 1.71 bits per heavy atom. The minimum atomic E-state index is -0.208. The molecule has 1 aromatic rings. The highest BCUT2D eigenvalue weighted by molar-refractivity contribution is 7.09. The van der Waals surface area contributed by atoms with Crippen LogP contribution in [0, 0.1) is 12.8 Å². The number of nitrogens with zero attached hydrogens (tertiary/aromatic N) is 1. The molecule has 0 aliphatic carbocycles. The van der Waals surface area contributed by atoms with Crippen molar-refractivity contribution in [3.05, 3.63) is 16.1 Å². The van der Waals surface area contributed by atoms with E-state index in [4.69, 9.17) is 0 Å². The Labute approximate surface area is 104 Å². The molecule has 1 aliphatic heterocycles. The molecule has 1 unspecified atom stereocenters. The monoisotopic (exact) mass is 253 g/mol. The second kappa shape index (κ2) is 5.27. The van der Waals surface area contributed by atoms with E-state index in [1.807, 2.05) is 12.3 Å². The number of aryl methyl sites for hydroxylation is 1. The summed E-state index contributed by atoms with van der Waals surface area (Å²) in [7, 11) is 0. The van der Waals surface area contributed by atoms with Gasteiger partial charge in [0.1, 0.15) is 0 Å². The van der Waals surface area contributed by atoms with Gasteiger partial charge in [0.15, 0.2) is 0 Å². The van der Waals surface area contributed by atoms with Crippen LogP contribution in [0.25, 0.3) is 0 Å². The van der Waals surface area contributed by atoms with Crippen LogP contribution in [0.2, 0.25) is 0 Å². The number of nitrogens with one attached hydrogen (secondary N) is 2. The van der Waals surface area contributed by atoms with Gasteiger partial charge in [-0.15, -0.1) is 11.3 Å². The molecule has 2 amide bonds. The summed E-state index contributed by atoms with van der Waals surface area (Å²) in [6.07, 6.45) is 1.06. The average Bonchev–Trinajstić information content (AvgIpc) is 2.88. The Hall–Kier alpha value is -1.43. The number of hydrogen-bond acceptors (Lipinski definition) is 4. The molecule has 0 spiro atoms. The van der Waals surface area contributed by atoms with Crippen LogP contribution in [-0.2, 0) is 16.0 Å². The zero-order chi connectivity index (χ0) is 12.3. The topological polar surface area (TPSA) is 71.1 Å². The molecule has 1 saturated heterocycles. The molecule has 2 rings (SSSR count). The van der Waals surface area contributed by atoms with Crippen LogP contribution in [-0.4, -0.2) is 29.9 Å². The predicted octanol–water partition coefficient (Wildman–Crippen LogP) is 0.246. The molecule has 0 bridgehead atoms. The van der Waals surface area contributed by atoms with E-state index in [9.17, 15) is 9.59 Å². The van der Waals surface area contributed by atoms with Crippen LogP contribution in [0.15, 0.2) is 5.38 Å². The van der Waals surface area contributed by atoms with Crippen molar-refractivity contribution in [1.82, 2.24) is 15.6 Å². The van der Waals surface area contributed by atoms with Gasteiger partial charge in [-0.1, -0.05) is 0 Å². The number of carbonyl (C=O) groups excluding carboxylic acids is 2. The zero-order valence-electron chi connectivity index (χ0n) is 9.66. The first-order chi connectivity index (χ1) is 8.15. The molecule has 1 aliphatic rings. The Balaban J connectivity index is 1.71. The lowest BCUT2D eigenvalue weighted by Gasteiger charge is -2.07. The summed E-state index contributed by atoms with van der Waals surface area (Å²) in [4.78, 5) is 26.9. The summed E-state index contributed by atoms with van der Waals surface area (Å²) < 4.78 is 0. The number of carbonyl (C=O) groups is 2. The summed E-state index contributed by atoms with van der Waals surface area (Å²) in [5.74, 6) is -0.294. The van der Waals surface area contributed by atoms with Crippen molar-refractivity contribution in [1.29, 1.82) is 0 Å². The minimum Gasteiger partial charge on any atom is -0.355 e. The van der Waals surface area contributed by atoms with E-state index < -0.39 is 0 Å². The van der Waals surface area contributed by atoms with Gasteiger partial charge in [-0.3, -0.25) is 9.59 Å². The van der Waals surface area contributed by atoms with Crippen LogP contribution in [0.5, 0.6) is 0 Å². The number of rotatable bonds is 4. The van der Waals surface area contributed by atoms with Crippen molar-refractivity contribution in [2.45, 2.75) is 19.8 Å². The molecule has 0 aromatic carbocycles. The molecule has 2 heterocycles. The standard InChI is InChI=1S/C11H15N3O2S/c1-7-6-17-10(14-7)2-3-12-11(16)8-4-9(15)13-5-8/h6,8H,2-5H2,1H3,(H,12,16)(H,13,15). The van der Waals surface area contributed by atoms with Crippen molar-refractivity contribution in [3.8, 4) is 0 Å². The van der Waals surface area contributed by atoms with Crippen LogP contribution in [0.4, 0.5) is 0 Å². The predicted molar refractivity (Wildman–Crippen MR) is 64.7 cm³/mol. The molecule has 1 aromatic heterocycles. The minimum absolute atomic E-state index is 0.0410. The average molecular weight is 253 g/mol. The maximum Gasteiger partial charge on any atom is 0.225 e. The van der Waals surface area contributed by atoms with Crippen molar-refractivity contribution in [2.75, 3.05) is 13.1 Å². The van der Waals surface area contributed by atoms with E-state index in [0.717, 1.165) is 17.1 Å². The molecule has 0 saturated carbocycles. The molecule has 5 nitrogen and oxygen atoms in total. The Kier molecular flexibility index (Phi) is 3.73. The van der Waals surface area contributed by atoms with Crippen molar-refractivity contribution in [3.63, 3.8) is 0 Å². The lowest BCUT2D eigenvalue weighted by Crippen LogP contribution is -2.33. The van der Waals surface area contributed by atoms with Gasteiger partial charge >= 0.3 is 0 Å². The summed E-state index contributed by atoms with van der Waals surface area (Å²) >= 11 is 1.60. The van der Waals surface area contributed by atoms with E-state index >= 15 is 0 Å². The molecule has 2 N–H and O–H groups in total. The Morgan fingerprint density at radius 3 is 3.12 bits per heavy atom. The molecular weight excluding hydrogens is 238 g/mol. The normalized spacial score (nSPS) is 19.1. The summed E-state index contributed by atoms with van der Waals surface area (Å²) in [5, 5.41) is 8.52. The van der Waals surface area contributed by atoms with E-state index in [2.05, 4.69) is 15.6 Å². The fourth-order valence-corrected chi connectivity index (χ4v) is 2.52. The van der Waals surface area contributed by atoms with Gasteiger partial charge in [0.25, 0.3) is 0 Å². The number of thiazole rings is 1. The number of amides is 2. The van der Waals surface area contributed by atoms with Crippen LogP contribution in [0.1, 0.15) is 17.1 Å². The third kappa shape index (κ3) is 3.26. The van der Waals surface area contributed by atoms with E-state index in [1.54, 1.807) is 11.3 Å². The highest BCUT2D eigenvalue weighted by Gasteiger charge is 2.27. The van der Waals surface area contributed by atoms with E-state index in [1.165, 1.54) is 0 Å². The van der Waals surface area contributed by atoms with Crippen molar-refractivity contribution < 1.29 is 9.59 Å². The first-order valence-corrected chi connectivity index (χ1v) is 6.48. The number of hydrogen-bond donors (Lipinski definition) is 2. The number of aromatic nitrogens is 1. The zero-order valence-corrected chi connectivity index (χ0v) is 10.5. The largest absolute Gasteiger partial charge is 0.355 e. The second-order valence-electron chi connectivity index (χ2n) is 4.13. The van der Waals surface area contributed by atoms with Gasteiger partial charge in [-0.25, -0.2) is 4.98 Å². The maximum absolute atomic E-state index is 11.7. The van der Waals surface area contributed by atoms with Gasteiger partial charge in [0.2, 0.25) is 11.8 Å².